The quantitative estimate of drug-likeness (QED) is 0.278. The lowest BCUT2D eigenvalue weighted by Crippen LogP contribution is -2.42. The summed E-state index contributed by atoms with van der Waals surface area (Å²) in [5, 5.41) is 17.3. The van der Waals surface area contributed by atoms with Crippen LogP contribution in [0, 0.1) is 6.92 Å². The van der Waals surface area contributed by atoms with E-state index in [0.29, 0.717) is 0 Å². The monoisotopic (exact) mass is 503 g/mol. The van der Waals surface area contributed by atoms with Crippen molar-refractivity contribution in [2.75, 3.05) is 38.5 Å². The summed E-state index contributed by atoms with van der Waals surface area (Å²) in [5.41, 5.74) is 6.76. The lowest BCUT2D eigenvalue weighted by Gasteiger charge is -2.27. The molecule has 7 heteroatoms. The molecule has 0 unspecified atom stereocenters. The van der Waals surface area contributed by atoms with Crippen LogP contribution in [0.1, 0.15) is 45.9 Å². The van der Waals surface area contributed by atoms with Gasteiger partial charge in [0.25, 0.3) is 0 Å². The van der Waals surface area contributed by atoms with Gasteiger partial charge in [0.15, 0.2) is 6.29 Å². The van der Waals surface area contributed by atoms with Crippen LogP contribution in [-0.4, -0.2) is 54.6 Å². The molecule has 0 aliphatic carbocycles. The van der Waals surface area contributed by atoms with E-state index in [9.17, 15) is 4.79 Å². The van der Waals surface area contributed by atoms with Crippen molar-refractivity contribution in [3.8, 4) is 0 Å². The van der Waals surface area contributed by atoms with Gasteiger partial charge in [-0.25, -0.2) is 0 Å². The number of H-pyrrole nitrogens is 1. The number of nitrogens with one attached hydrogen (secondary N) is 3. The predicted octanol–water partition coefficient (Wildman–Crippen LogP) is 6.08. The Balaban J connectivity index is 0.000000305. The molecule has 0 atom stereocenters. The van der Waals surface area contributed by atoms with Crippen LogP contribution in [0.2, 0.25) is 0 Å². The van der Waals surface area contributed by atoms with Gasteiger partial charge in [-0.3, -0.25) is 14.8 Å². The van der Waals surface area contributed by atoms with Crippen LogP contribution in [0.4, 0.5) is 5.69 Å². The van der Waals surface area contributed by atoms with Gasteiger partial charge in [-0.05, 0) is 53.3 Å². The summed E-state index contributed by atoms with van der Waals surface area (Å²) in [7, 11) is 1.98. The number of rotatable bonds is 6. The lowest BCUT2D eigenvalue weighted by molar-refractivity contribution is 0.112. The zero-order valence-corrected chi connectivity index (χ0v) is 22.5. The maximum Gasteiger partial charge on any atom is 0.160 e. The Morgan fingerprint density at radius 2 is 1.86 bits per heavy atom. The highest BCUT2D eigenvalue weighted by atomic mass is 32.1. The molecule has 190 valence electrons. The van der Waals surface area contributed by atoms with Crippen molar-refractivity contribution < 1.29 is 4.79 Å². The van der Waals surface area contributed by atoms with Gasteiger partial charge in [-0.15, -0.1) is 11.3 Å². The maximum absolute atomic E-state index is 10.1. The third-order valence-corrected chi connectivity index (χ3v) is 6.88. The van der Waals surface area contributed by atoms with Crippen LogP contribution in [0.25, 0.3) is 23.1 Å². The van der Waals surface area contributed by atoms with E-state index in [1.165, 1.54) is 22.5 Å². The van der Waals surface area contributed by atoms with Gasteiger partial charge < -0.3 is 10.6 Å². The summed E-state index contributed by atoms with van der Waals surface area (Å²) in [6, 6.07) is 16.8. The number of anilines is 1. The van der Waals surface area contributed by atoms with Gasteiger partial charge in [-0.1, -0.05) is 50.3 Å². The normalized spacial score (nSPS) is 13.6. The number of aromatic nitrogens is 2. The van der Waals surface area contributed by atoms with Gasteiger partial charge in [0, 0.05) is 50.8 Å². The molecule has 1 fully saturated rings. The fourth-order valence-electron chi connectivity index (χ4n) is 3.98. The van der Waals surface area contributed by atoms with E-state index >= 15 is 0 Å². The number of piperazine rings is 1. The van der Waals surface area contributed by atoms with Gasteiger partial charge in [-0.2, -0.15) is 5.10 Å². The second-order valence-electron chi connectivity index (χ2n) is 8.27. The molecular weight excluding hydrogens is 466 g/mol. The molecule has 1 aliphatic heterocycles. The van der Waals surface area contributed by atoms with Crippen LogP contribution in [0.15, 0.2) is 53.9 Å². The van der Waals surface area contributed by atoms with Crippen LogP contribution < -0.4 is 10.6 Å². The Morgan fingerprint density at radius 3 is 2.53 bits per heavy atom. The molecule has 0 bridgehead atoms. The minimum absolute atomic E-state index is 0.838. The lowest BCUT2D eigenvalue weighted by atomic mass is 10.1. The summed E-state index contributed by atoms with van der Waals surface area (Å²) < 4.78 is 0. The molecule has 3 N–H and O–H groups in total. The first-order valence-corrected chi connectivity index (χ1v) is 13.4. The molecular formula is C29H37N5OS. The summed E-state index contributed by atoms with van der Waals surface area (Å²) in [4.78, 5) is 13.4. The molecule has 1 aliphatic rings. The minimum atomic E-state index is 0.838. The SMILES string of the molecule is CC.CNc1cc(CN2CCNCC2)ccc1/C=C/c1n[nH]c2ccccc12.Cc1ccsc1C=O. The van der Waals surface area contributed by atoms with Crippen LogP contribution >= 0.6 is 11.3 Å². The molecule has 2 aromatic heterocycles. The fraction of sp³-hybridized carbons (Fsp3) is 0.310. The van der Waals surface area contributed by atoms with Crippen molar-refractivity contribution >= 4 is 46.4 Å². The number of thiophene rings is 1. The Hall–Kier alpha value is -3.26. The van der Waals surface area contributed by atoms with Crippen LogP contribution in [0.3, 0.4) is 0 Å². The molecule has 2 aromatic carbocycles. The van der Waals surface area contributed by atoms with Crippen LogP contribution in [-0.2, 0) is 6.54 Å². The fourth-order valence-corrected chi connectivity index (χ4v) is 4.70. The smallest absolute Gasteiger partial charge is 0.160 e. The summed E-state index contributed by atoms with van der Waals surface area (Å²) in [5.74, 6) is 0. The molecule has 1 saturated heterocycles. The Labute approximate surface area is 218 Å². The van der Waals surface area contributed by atoms with Crippen LogP contribution in [0.5, 0.6) is 0 Å². The molecule has 5 rings (SSSR count). The van der Waals surface area contributed by atoms with Crippen molar-refractivity contribution in [1.82, 2.24) is 20.4 Å². The number of nitrogens with zero attached hydrogens (tertiary/aromatic N) is 2. The van der Waals surface area contributed by atoms with E-state index in [1.54, 1.807) is 0 Å². The molecule has 0 spiro atoms. The van der Waals surface area contributed by atoms with Gasteiger partial charge in [0.05, 0.1) is 16.1 Å². The number of carbonyl (C=O) groups is 1. The highest BCUT2D eigenvalue weighted by Gasteiger charge is 2.11. The molecule has 0 saturated carbocycles. The van der Waals surface area contributed by atoms with E-state index in [0.717, 1.165) is 71.7 Å². The van der Waals surface area contributed by atoms with E-state index in [-0.39, 0.29) is 0 Å². The second-order valence-corrected chi connectivity index (χ2v) is 9.22. The first-order valence-electron chi connectivity index (χ1n) is 12.5. The molecule has 4 aromatic rings. The van der Waals surface area contributed by atoms with Gasteiger partial charge in [0.1, 0.15) is 0 Å². The number of carbonyl (C=O) groups excluding carboxylic acids is 1. The third kappa shape index (κ3) is 7.37. The van der Waals surface area contributed by atoms with E-state index in [2.05, 4.69) is 62.1 Å². The molecule has 6 nitrogen and oxygen atoms in total. The summed E-state index contributed by atoms with van der Waals surface area (Å²) >= 11 is 1.48. The maximum atomic E-state index is 10.1. The van der Waals surface area contributed by atoms with Crippen molar-refractivity contribution in [2.24, 2.45) is 0 Å². The first-order chi connectivity index (χ1) is 17.7. The number of hydrogen-bond acceptors (Lipinski definition) is 6. The highest BCUT2D eigenvalue weighted by Crippen LogP contribution is 2.23. The average molecular weight is 504 g/mol. The standard InChI is InChI=1S/C21H25N5.C6H6OS.C2H6/c1-22-21-14-16(15-26-12-10-23-11-13-26)6-7-17(21)8-9-20-18-4-2-3-5-19(18)24-25-20;1-5-2-3-8-6(5)4-7;1-2/h2-9,14,22-23H,10-13,15H2,1H3,(H,24,25);2-4H,1H3;1-2H3/b9-8+;;. The Morgan fingerprint density at radius 1 is 1.08 bits per heavy atom. The van der Waals surface area contributed by atoms with Gasteiger partial charge >= 0.3 is 0 Å². The predicted molar refractivity (Wildman–Crippen MR) is 155 cm³/mol. The molecule has 36 heavy (non-hydrogen) atoms. The largest absolute Gasteiger partial charge is 0.388 e. The first kappa shape index (κ1) is 27.3. The van der Waals surface area contributed by atoms with E-state index < -0.39 is 0 Å². The Kier molecular flexibility index (Phi) is 10.9. The van der Waals surface area contributed by atoms with E-state index in [4.69, 9.17) is 0 Å². The Bertz CT molecular complexity index is 1250. The number of aromatic amines is 1. The molecule has 3 heterocycles. The number of aldehydes is 1. The zero-order valence-electron chi connectivity index (χ0n) is 21.7. The van der Waals surface area contributed by atoms with Crippen molar-refractivity contribution in [3.63, 3.8) is 0 Å². The average Bonchev–Trinajstić information content (AvgIpc) is 3.55. The second kappa shape index (κ2) is 14.3. The number of fused-ring (bicyclic) bond motifs is 1. The summed E-state index contributed by atoms with van der Waals surface area (Å²) in [6.07, 6.45) is 5.09. The van der Waals surface area contributed by atoms with Gasteiger partial charge in [0.2, 0.25) is 0 Å². The highest BCUT2D eigenvalue weighted by molar-refractivity contribution is 7.11. The number of aryl methyl sites for hydroxylation is 1. The topological polar surface area (TPSA) is 73.0 Å². The van der Waals surface area contributed by atoms with Crippen molar-refractivity contribution in [1.29, 1.82) is 0 Å². The molecule has 0 radical (unpaired) electrons. The summed E-state index contributed by atoms with van der Waals surface area (Å²) in [6.45, 7) is 11.3. The third-order valence-electron chi connectivity index (χ3n) is 5.93. The van der Waals surface area contributed by atoms with Crippen molar-refractivity contribution in [2.45, 2.75) is 27.3 Å². The van der Waals surface area contributed by atoms with E-state index in [1.807, 2.05) is 57.5 Å². The molecule has 0 amide bonds. The number of benzene rings is 2. The number of para-hydroxylation sites is 1. The van der Waals surface area contributed by atoms with Crippen molar-refractivity contribution in [3.05, 3.63) is 81.2 Å². The zero-order chi connectivity index (χ0) is 25.8. The minimum Gasteiger partial charge on any atom is -0.388 e. The number of hydrogen-bond donors (Lipinski definition) is 3.